The summed E-state index contributed by atoms with van der Waals surface area (Å²) in [5, 5.41) is 2.09. The van der Waals surface area contributed by atoms with Crippen LogP contribution in [0.1, 0.15) is 10.4 Å². The third kappa shape index (κ3) is 1.51. The van der Waals surface area contributed by atoms with Crippen LogP contribution >= 0.6 is 11.3 Å². The fourth-order valence-electron chi connectivity index (χ4n) is 1.37. The number of hydrogen-bond donors (Lipinski definition) is 1. The van der Waals surface area contributed by atoms with E-state index in [1.54, 1.807) is 17.5 Å². The molecule has 2 nitrogen and oxygen atoms in total. The van der Waals surface area contributed by atoms with Crippen LogP contribution in [-0.4, -0.2) is 4.98 Å². The minimum absolute atomic E-state index is 0.783. The summed E-state index contributed by atoms with van der Waals surface area (Å²) in [4.78, 5) is 5.58. The molecule has 3 heteroatoms. The Morgan fingerprint density at radius 3 is 2.79 bits per heavy atom. The lowest BCUT2D eigenvalue weighted by Crippen LogP contribution is -1.95. The average molecular weight is 204 g/mol. The summed E-state index contributed by atoms with van der Waals surface area (Å²) in [7, 11) is 0. The highest BCUT2D eigenvalue weighted by Gasteiger charge is 2.06. The number of hydrogen-bond acceptors (Lipinski definition) is 3. The summed E-state index contributed by atoms with van der Waals surface area (Å²) in [5.74, 6) is 0. The van der Waals surface area contributed by atoms with Gasteiger partial charge in [-0.3, -0.25) is 4.98 Å². The van der Waals surface area contributed by atoms with Crippen LogP contribution in [0.2, 0.25) is 0 Å². The lowest BCUT2D eigenvalue weighted by atomic mass is 10.1. The molecule has 0 aliphatic heterocycles. The third-order valence-electron chi connectivity index (χ3n) is 2.21. The Kier molecular flexibility index (Phi) is 2.25. The number of rotatable bonds is 1. The minimum Gasteiger partial charge on any atom is -0.397 e. The molecule has 0 spiro atoms. The second-order valence-corrected chi connectivity index (χ2v) is 4.45. The summed E-state index contributed by atoms with van der Waals surface area (Å²) >= 11 is 1.72. The van der Waals surface area contributed by atoms with Crippen LogP contribution < -0.4 is 5.73 Å². The molecule has 0 aliphatic rings. The van der Waals surface area contributed by atoms with Crippen LogP contribution in [0.15, 0.2) is 23.7 Å². The Labute approximate surface area is 87.4 Å². The number of pyridine rings is 1. The highest BCUT2D eigenvalue weighted by atomic mass is 32.1. The molecule has 2 aromatic rings. The maximum atomic E-state index is 5.97. The van der Waals surface area contributed by atoms with Crippen molar-refractivity contribution < 1.29 is 0 Å². The number of nitrogen functional groups attached to an aromatic ring is 1. The smallest absolute Gasteiger partial charge is 0.0942 e. The molecule has 2 heterocycles. The first-order valence-corrected chi connectivity index (χ1v) is 5.33. The van der Waals surface area contributed by atoms with Crippen molar-refractivity contribution in [3.8, 4) is 11.3 Å². The zero-order chi connectivity index (χ0) is 10.1. The van der Waals surface area contributed by atoms with E-state index in [0.717, 1.165) is 22.5 Å². The fraction of sp³-hybridized carbons (Fsp3) is 0.182. The van der Waals surface area contributed by atoms with Crippen molar-refractivity contribution in [2.45, 2.75) is 13.8 Å². The molecular weight excluding hydrogens is 192 g/mol. The first kappa shape index (κ1) is 9.21. The summed E-state index contributed by atoms with van der Waals surface area (Å²) in [5.41, 5.74) is 9.85. The minimum atomic E-state index is 0.783. The molecule has 0 fully saturated rings. The van der Waals surface area contributed by atoms with Gasteiger partial charge in [0.25, 0.3) is 0 Å². The first-order valence-electron chi connectivity index (χ1n) is 4.45. The van der Waals surface area contributed by atoms with Gasteiger partial charge in [-0.2, -0.15) is 0 Å². The predicted octanol–water partition coefficient (Wildman–Crippen LogP) is 3.01. The average Bonchev–Trinajstić information content (AvgIpc) is 2.57. The molecule has 2 aromatic heterocycles. The van der Waals surface area contributed by atoms with Crippen molar-refractivity contribution in [1.82, 2.24) is 4.98 Å². The van der Waals surface area contributed by atoms with Gasteiger partial charge in [0.15, 0.2) is 0 Å². The number of anilines is 1. The molecule has 0 saturated heterocycles. The van der Waals surface area contributed by atoms with Crippen molar-refractivity contribution in [2.24, 2.45) is 0 Å². The summed E-state index contributed by atoms with van der Waals surface area (Å²) in [6.45, 7) is 4.08. The van der Waals surface area contributed by atoms with Crippen LogP contribution in [0.25, 0.3) is 11.3 Å². The summed E-state index contributed by atoms with van der Waals surface area (Å²) in [6.07, 6.45) is 1.80. The predicted molar refractivity (Wildman–Crippen MR) is 61.4 cm³/mol. The highest BCUT2D eigenvalue weighted by molar-refractivity contribution is 7.10. The molecule has 0 saturated carbocycles. The second-order valence-electron chi connectivity index (χ2n) is 3.34. The van der Waals surface area contributed by atoms with E-state index in [4.69, 9.17) is 5.73 Å². The number of nitrogens with zero attached hydrogens (tertiary/aromatic N) is 1. The Morgan fingerprint density at radius 1 is 1.36 bits per heavy atom. The van der Waals surface area contributed by atoms with Gasteiger partial charge >= 0.3 is 0 Å². The molecule has 0 radical (unpaired) electrons. The molecule has 2 N–H and O–H groups in total. The lowest BCUT2D eigenvalue weighted by Gasteiger charge is -2.04. The first-order chi connectivity index (χ1) is 6.68. The zero-order valence-corrected chi connectivity index (χ0v) is 9.06. The van der Waals surface area contributed by atoms with Gasteiger partial charge in [-0.05, 0) is 31.5 Å². The molecule has 14 heavy (non-hydrogen) atoms. The van der Waals surface area contributed by atoms with E-state index in [1.165, 1.54) is 4.88 Å². The van der Waals surface area contributed by atoms with Crippen molar-refractivity contribution in [2.75, 3.05) is 5.73 Å². The SMILES string of the molecule is Cc1cc(-c2nccc(C)c2N)cs1. The Morgan fingerprint density at radius 2 is 2.14 bits per heavy atom. The van der Waals surface area contributed by atoms with Gasteiger partial charge < -0.3 is 5.73 Å². The Bertz CT molecular complexity index is 460. The van der Waals surface area contributed by atoms with Gasteiger partial charge in [-0.25, -0.2) is 0 Å². The van der Waals surface area contributed by atoms with Crippen molar-refractivity contribution in [1.29, 1.82) is 0 Å². The van der Waals surface area contributed by atoms with E-state index in [-0.39, 0.29) is 0 Å². The third-order valence-corrected chi connectivity index (χ3v) is 3.07. The zero-order valence-electron chi connectivity index (χ0n) is 8.24. The quantitative estimate of drug-likeness (QED) is 0.775. The van der Waals surface area contributed by atoms with E-state index in [1.807, 2.05) is 13.0 Å². The Hall–Kier alpha value is -1.35. The number of aryl methyl sites for hydroxylation is 2. The van der Waals surface area contributed by atoms with Gasteiger partial charge in [0.1, 0.15) is 0 Å². The van der Waals surface area contributed by atoms with Crippen LogP contribution in [0.5, 0.6) is 0 Å². The van der Waals surface area contributed by atoms with E-state index < -0.39 is 0 Å². The van der Waals surface area contributed by atoms with Crippen molar-refractivity contribution >= 4 is 17.0 Å². The van der Waals surface area contributed by atoms with E-state index in [0.29, 0.717) is 0 Å². The fourth-order valence-corrected chi connectivity index (χ4v) is 2.05. The Balaban J connectivity index is 2.57. The molecule has 0 aromatic carbocycles. The molecule has 0 atom stereocenters. The van der Waals surface area contributed by atoms with Crippen molar-refractivity contribution in [3.63, 3.8) is 0 Å². The van der Waals surface area contributed by atoms with Gasteiger partial charge in [0.05, 0.1) is 11.4 Å². The van der Waals surface area contributed by atoms with E-state index >= 15 is 0 Å². The standard InChI is InChI=1S/C11H12N2S/c1-7-3-4-13-11(10(7)12)9-5-8(2)14-6-9/h3-6H,12H2,1-2H3. The largest absolute Gasteiger partial charge is 0.397 e. The van der Waals surface area contributed by atoms with Gasteiger partial charge in [-0.15, -0.1) is 11.3 Å². The molecule has 72 valence electrons. The molecular formula is C11H12N2S. The summed E-state index contributed by atoms with van der Waals surface area (Å²) < 4.78 is 0. The number of aromatic nitrogens is 1. The van der Waals surface area contributed by atoms with Crippen LogP contribution in [0.3, 0.4) is 0 Å². The maximum Gasteiger partial charge on any atom is 0.0942 e. The molecule has 0 unspecified atom stereocenters. The lowest BCUT2D eigenvalue weighted by molar-refractivity contribution is 1.29. The van der Waals surface area contributed by atoms with E-state index in [2.05, 4.69) is 23.4 Å². The molecule has 0 bridgehead atoms. The molecule has 2 rings (SSSR count). The van der Waals surface area contributed by atoms with Gasteiger partial charge in [-0.1, -0.05) is 0 Å². The monoisotopic (exact) mass is 204 g/mol. The van der Waals surface area contributed by atoms with E-state index in [9.17, 15) is 0 Å². The topological polar surface area (TPSA) is 38.9 Å². The maximum absolute atomic E-state index is 5.97. The van der Waals surface area contributed by atoms with Gasteiger partial charge in [0.2, 0.25) is 0 Å². The van der Waals surface area contributed by atoms with Crippen molar-refractivity contribution in [3.05, 3.63) is 34.2 Å². The highest BCUT2D eigenvalue weighted by Crippen LogP contribution is 2.29. The summed E-state index contributed by atoms with van der Waals surface area (Å²) in [6, 6.07) is 4.04. The van der Waals surface area contributed by atoms with Gasteiger partial charge in [0, 0.05) is 22.0 Å². The molecule has 0 aliphatic carbocycles. The number of nitrogens with two attached hydrogens (primary N) is 1. The normalized spacial score (nSPS) is 10.4. The number of thiophene rings is 1. The molecule has 0 amide bonds. The van der Waals surface area contributed by atoms with Crippen LogP contribution in [0.4, 0.5) is 5.69 Å². The second kappa shape index (κ2) is 3.42. The van der Waals surface area contributed by atoms with Crippen LogP contribution in [0, 0.1) is 13.8 Å². The van der Waals surface area contributed by atoms with Crippen LogP contribution in [-0.2, 0) is 0 Å².